The van der Waals surface area contributed by atoms with Gasteiger partial charge in [-0.05, 0) is 35.7 Å². The number of nitrogens with zero attached hydrogens (tertiary/aromatic N) is 1. The number of hydrogen-bond acceptors (Lipinski definition) is 4. The van der Waals surface area contributed by atoms with Crippen molar-refractivity contribution in [2.45, 2.75) is 4.90 Å². The van der Waals surface area contributed by atoms with Crippen LogP contribution in [0.5, 0.6) is 0 Å². The van der Waals surface area contributed by atoms with Crippen LogP contribution in [0.1, 0.15) is 0 Å². The molecule has 0 fully saturated rings. The normalized spacial score (nSPS) is 11.3. The van der Waals surface area contributed by atoms with Gasteiger partial charge in [0, 0.05) is 10.4 Å². The summed E-state index contributed by atoms with van der Waals surface area (Å²) in [6, 6.07) is 18.5. The second kappa shape index (κ2) is 7.35. The lowest BCUT2D eigenvalue weighted by molar-refractivity contribution is -0.138. The van der Waals surface area contributed by atoms with E-state index in [1.807, 2.05) is 30.3 Å². The predicted molar refractivity (Wildman–Crippen MR) is 102 cm³/mol. The number of sulfonamides is 1. The van der Waals surface area contributed by atoms with Crippen LogP contribution < -0.4 is 4.31 Å². The molecule has 0 heterocycles. The van der Waals surface area contributed by atoms with E-state index in [4.69, 9.17) is 16.3 Å². The van der Waals surface area contributed by atoms with Crippen molar-refractivity contribution >= 4 is 44.1 Å². The number of hydrogen-bond donors (Lipinski definition) is 0. The van der Waals surface area contributed by atoms with E-state index in [1.165, 1.54) is 31.4 Å². The summed E-state index contributed by atoms with van der Waals surface area (Å²) in [5, 5.41) is 2.01. The Morgan fingerprint density at radius 2 is 1.65 bits per heavy atom. The van der Waals surface area contributed by atoms with Crippen LogP contribution >= 0.6 is 11.6 Å². The van der Waals surface area contributed by atoms with Crippen LogP contribution in [0.4, 0.5) is 5.69 Å². The van der Waals surface area contributed by atoms with Crippen molar-refractivity contribution in [2.24, 2.45) is 0 Å². The van der Waals surface area contributed by atoms with Crippen molar-refractivity contribution in [3.63, 3.8) is 0 Å². The molecule has 3 rings (SSSR count). The number of rotatable bonds is 5. The highest BCUT2D eigenvalue weighted by atomic mass is 35.5. The van der Waals surface area contributed by atoms with Gasteiger partial charge in [0.1, 0.15) is 6.54 Å². The summed E-state index contributed by atoms with van der Waals surface area (Å²) >= 11 is 5.86. The highest BCUT2D eigenvalue weighted by molar-refractivity contribution is 7.92. The summed E-state index contributed by atoms with van der Waals surface area (Å²) in [6.45, 7) is -0.435. The quantitative estimate of drug-likeness (QED) is 0.621. The molecule has 0 aliphatic carbocycles. The van der Waals surface area contributed by atoms with Crippen LogP contribution in [0.15, 0.2) is 71.6 Å². The maximum atomic E-state index is 13.2. The number of fused-ring (bicyclic) bond motifs is 1. The molecular weight excluding hydrogens is 374 g/mol. The number of ether oxygens (including phenoxy) is 1. The number of benzene rings is 3. The fraction of sp³-hybridized carbons (Fsp3) is 0.105. The first-order chi connectivity index (χ1) is 12.4. The largest absolute Gasteiger partial charge is 0.468 e. The first kappa shape index (κ1) is 18.2. The van der Waals surface area contributed by atoms with E-state index < -0.39 is 22.5 Å². The zero-order chi connectivity index (χ0) is 18.7. The zero-order valence-corrected chi connectivity index (χ0v) is 15.5. The van der Waals surface area contributed by atoms with Crippen molar-refractivity contribution < 1.29 is 17.9 Å². The molecule has 0 aromatic heterocycles. The molecule has 0 spiro atoms. The number of halogens is 1. The number of anilines is 1. The molecule has 0 saturated carbocycles. The molecule has 0 unspecified atom stereocenters. The summed E-state index contributed by atoms with van der Waals surface area (Å²) < 4.78 is 32.2. The van der Waals surface area contributed by atoms with Crippen molar-refractivity contribution in [2.75, 3.05) is 18.0 Å². The van der Waals surface area contributed by atoms with E-state index in [0.717, 1.165) is 15.1 Å². The molecule has 0 radical (unpaired) electrons. The SMILES string of the molecule is COC(=O)CN(c1cccc2ccccc12)S(=O)(=O)c1ccc(Cl)cc1. The molecule has 3 aromatic carbocycles. The van der Waals surface area contributed by atoms with Crippen LogP contribution in [0.3, 0.4) is 0 Å². The maximum absolute atomic E-state index is 13.2. The van der Waals surface area contributed by atoms with Crippen LogP contribution in [-0.2, 0) is 19.6 Å². The number of esters is 1. The summed E-state index contributed by atoms with van der Waals surface area (Å²) in [7, 11) is -2.77. The monoisotopic (exact) mass is 389 g/mol. The molecule has 7 heteroatoms. The molecule has 0 aliphatic rings. The lowest BCUT2D eigenvalue weighted by Crippen LogP contribution is -2.36. The van der Waals surface area contributed by atoms with Crippen LogP contribution in [0, 0.1) is 0 Å². The Bertz CT molecular complexity index is 1040. The summed E-state index contributed by atoms with van der Waals surface area (Å²) in [6.07, 6.45) is 0. The predicted octanol–water partition coefficient (Wildman–Crippen LogP) is 3.86. The summed E-state index contributed by atoms with van der Waals surface area (Å²) in [4.78, 5) is 12.0. The minimum atomic E-state index is -3.99. The molecule has 3 aromatic rings. The second-order valence-electron chi connectivity index (χ2n) is 5.54. The topological polar surface area (TPSA) is 63.7 Å². The fourth-order valence-corrected chi connectivity index (χ4v) is 4.20. The maximum Gasteiger partial charge on any atom is 0.326 e. The van der Waals surface area contributed by atoms with Gasteiger partial charge in [0.2, 0.25) is 0 Å². The molecular formula is C19H16ClNO4S. The smallest absolute Gasteiger partial charge is 0.326 e. The molecule has 0 saturated heterocycles. The van der Waals surface area contributed by atoms with Crippen LogP contribution in [0.2, 0.25) is 5.02 Å². The van der Waals surface area contributed by atoms with E-state index in [2.05, 4.69) is 0 Å². The van der Waals surface area contributed by atoms with Gasteiger partial charge in [0.05, 0.1) is 17.7 Å². The molecule has 134 valence electrons. The van der Waals surface area contributed by atoms with Crippen LogP contribution in [-0.4, -0.2) is 28.0 Å². The van der Waals surface area contributed by atoms with Gasteiger partial charge in [-0.2, -0.15) is 0 Å². The van der Waals surface area contributed by atoms with Gasteiger partial charge >= 0.3 is 5.97 Å². The number of carbonyl (C=O) groups excluding carboxylic acids is 1. The number of carbonyl (C=O) groups is 1. The van der Waals surface area contributed by atoms with Gasteiger partial charge in [0.15, 0.2) is 0 Å². The Hall–Kier alpha value is -2.57. The van der Waals surface area contributed by atoms with Gasteiger partial charge in [-0.1, -0.05) is 48.0 Å². The Morgan fingerprint density at radius 3 is 2.35 bits per heavy atom. The van der Waals surface area contributed by atoms with Gasteiger partial charge in [-0.3, -0.25) is 9.10 Å². The first-order valence-corrected chi connectivity index (χ1v) is 9.58. The standard InChI is InChI=1S/C19H16ClNO4S/c1-25-19(22)13-21(26(23,24)16-11-9-15(20)10-12-16)18-8-4-6-14-5-2-3-7-17(14)18/h2-12H,13H2,1H3. The lowest BCUT2D eigenvalue weighted by Gasteiger charge is -2.24. The third-order valence-corrected chi connectivity index (χ3v) is 5.96. The molecule has 5 nitrogen and oxygen atoms in total. The molecule has 0 aliphatic heterocycles. The molecule has 0 atom stereocenters. The lowest BCUT2D eigenvalue weighted by atomic mass is 10.1. The second-order valence-corrected chi connectivity index (χ2v) is 7.84. The summed E-state index contributed by atoms with van der Waals surface area (Å²) in [5.41, 5.74) is 0.406. The van der Waals surface area contributed by atoms with Gasteiger partial charge in [0.25, 0.3) is 10.0 Å². The highest BCUT2D eigenvalue weighted by Crippen LogP contribution is 2.31. The minimum Gasteiger partial charge on any atom is -0.468 e. The van der Waals surface area contributed by atoms with E-state index in [-0.39, 0.29) is 4.90 Å². The van der Waals surface area contributed by atoms with Gasteiger partial charge < -0.3 is 4.74 Å². The average Bonchev–Trinajstić information content (AvgIpc) is 2.65. The molecule has 0 N–H and O–H groups in total. The minimum absolute atomic E-state index is 0.0405. The first-order valence-electron chi connectivity index (χ1n) is 7.76. The average molecular weight is 390 g/mol. The van der Waals surface area contributed by atoms with E-state index in [0.29, 0.717) is 10.7 Å². The van der Waals surface area contributed by atoms with Gasteiger partial charge in [-0.25, -0.2) is 8.42 Å². The van der Waals surface area contributed by atoms with Crippen LogP contribution in [0.25, 0.3) is 10.8 Å². The van der Waals surface area contributed by atoms with Crippen molar-refractivity contribution in [3.05, 3.63) is 71.8 Å². The van der Waals surface area contributed by atoms with Crippen molar-refractivity contribution in [1.82, 2.24) is 0 Å². The Labute approximate surface area is 156 Å². The van der Waals surface area contributed by atoms with E-state index in [9.17, 15) is 13.2 Å². The Balaban J connectivity index is 2.19. The third kappa shape index (κ3) is 3.52. The van der Waals surface area contributed by atoms with Gasteiger partial charge in [-0.15, -0.1) is 0 Å². The number of methoxy groups -OCH3 is 1. The highest BCUT2D eigenvalue weighted by Gasteiger charge is 2.28. The van der Waals surface area contributed by atoms with Crippen molar-refractivity contribution in [3.8, 4) is 0 Å². The third-order valence-electron chi connectivity index (χ3n) is 3.94. The summed E-state index contributed by atoms with van der Waals surface area (Å²) in [5.74, 6) is -0.657. The molecule has 0 bridgehead atoms. The molecule has 0 amide bonds. The zero-order valence-electron chi connectivity index (χ0n) is 13.9. The Kier molecular flexibility index (Phi) is 5.15. The van der Waals surface area contributed by atoms with Crippen molar-refractivity contribution in [1.29, 1.82) is 0 Å². The molecule has 26 heavy (non-hydrogen) atoms. The Morgan fingerprint density at radius 1 is 1.00 bits per heavy atom. The van der Waals surface area contributed by atoms with E-state index >= 15 is 0 Å². The van der Waals surface area contributed by atoms with E-state index in [1.54, 1.807) is 12.1 Å². The fourth-order valence-electron chi connectivity index (χ4n) is 2.64.